The fourth-order valence-electron chi connectivity index (χ4n) is 0.918. The van der Waals surface area contributed by atoms with E-state index in [-0.39, 0.29) is 11.4 Å². The molecule has 1 aromatic carbocycles. The van der Waals surface area contributed by atoms with Crippen LogP contribution in [0.25, 0.3) is 4.98 Å². The molecule has 0 fully saturated rings. The summed E-state index contributed by atoms with van der Waals surface area (Å²) in [5.41, 5.74) is 0.555. The second kappa shape index (κ2) is 2.96. The molecule has 0 N–H and O–H groups in total. The lowest BCUT2D eigenvalue weighted by Gasteiger charge is -1.90. The molecule has 5 heteroatoms. The molecule has 0 saturated heterocycles. The molecule has 1 aromatic rings. The highest BCUT2D eigenvalue weighted by atomic mass is 16.6. The van der Waals surface area contributed by atoms with Gasteiger partial charge in [-0.05, 0) is 13.0 Å². The Hall–Kier alpha value is -1.96. The Morgan fingerprint density at radius 1 is 1.58 bits per heavy atom. The molecule has 0 atom stereocenters. The van der Waals surface area contributed by atoms with Crippen LogP contribution in [0, 0.1) is 22.4 Å². The minimum Gasteiger partial charge on any atom is -0.258 e. The zero-order valence-electron chi connectivity index (χ0n) is 6.39. The van der Waals surface area contributed by atoms with Gasteiger partial charge in [0.05, 0.1) is 4.92 Å². The zero-order chi connectivity index (χ0) is 9.14. The molecule has 0 bridgehead atoms. The summed E-state index contributed by atoms with van der Waals surface area (Å²) in [5.74, 6) is 0. The smallest absolute Gasteiger partial charge is 0.258 e. The number of hydrogen-bond donors (Lipinski definition) is 0. The van der Waals surface area contributed by atoms with Crippen LogP contribution in [0.1, 0.15) is 5.56 Å². The first-order chi connectivity index (χ1) is 5.66. The van der Waals surface area contributed by atoms with Crippen LogP contribution < -0.4 is 0 Å². The van der Waals surface area contributed by atoms with Crippen LogP contribution in [0.2, 0.25) is 0 Å². The van der Waals surface area contributed by atoms with Crippen molar-refractivity contribution in [3.8, 4) is 0 Å². The van der Waals surface area contributed by atoms with Crippen LogP contribution >= 0.6 is 0 Å². The third kappa shape index (κ3) is 1.22. The van der Waals surface area contributed by atoms with E-state index >= 15 is 0 Å². The molecule has 5 nitrogen and oxygen atoms in total. The standard InChI is InChI=1S/C7H6N3O2/c1-5-6(9-8)3-2-4-7(5)10(11)12/h2-4H,1H3/q+1. The summed E-state index contributed by atoms with van der Waals surface area (Å²) in [7, 11) is 0. The van der Waals surface area contributed by atoms with Crippen LogP contribution in [0.4, 0.5) is 11.4 Å². The van der Waals surface area contributed by atoms with E-state index in [2.05, 4.69) is 4.98 Å². The van der Waals surface area contributed by atoms with Gasteiger partial charge in [-0.1, -0.05) is 0 Å². The van der Waals surface area contributed by atoms with Crippen molar-refractivity contribution in [1.29, 1.82) is 5.39 Å². The van der Waals surface area contributed by atoms with Crippen molar-refractivity contribution in [2.45, 2.75) is 6.92 Å². The Labute approximate surface area is 68.4 Å². The summed E-state index contributed by atoms with van der Waals surface area (Å²) >= 11 is 0. The summed E-state index contributed by atoms with van der Waals surface area (Å²) in [4.78, 5) is 12.8. The van der Waals surface area contributed by atoms with Crippen LogP contribution in [0.15, 0.2) is 18.2 Å². The molecule has 0 saturated carbocycles. The summed E-state index contributed by atoms with van der Waals surface area (Å²) in [6, 6.07) is 4.34. The maximum absolute atomic E-state index is 10.4. The maximum atomic E-state index is 10.4. The summed E-state index contributed by atoms with van der Waals surface area (Å²) in [6.45, 7) is 1.53. The predicted octanol–water partition coefficient (Wildman–Crippen LogP) is 2.39. The van der Waals surface area contributed by atoms with E-state index in [0.29, 0.717) is 5.56 Å². The Morgan fingerprint density at radius 2 is 2.25 bits per heavy atom. The minimum absolute atomic E-state index is 0.0368. The molecular formula is C7H6N3O2+. The van der Waals surface area contributed by atoms with E-state index in [1.54, 1.807) is 0 Å². The van der Waals surface area contributed by atoms with Gasteiger partial charge in [0.2, 0.25) is 5.39 Å². The molecule has 0 radical (unpaired) electrons. The molecule has 0 aliphatic rings. The summed E-state index contributed by atoms with van der Waals surface area (Å²) in [5, 5.41) is 18.8. The summed E-state index contributed by atoms with van der Waals surface area (Å²) in [6.07, 6.45) is 0. The first kappa shape index (κ1) is 8.14. The van der Waals surface area contributed by atoms with E-state index in [0.717, 1.165) is 0 Å². The van der Waals surface area contributed by atoms with Gasteiger partial charge in [0.1, 0.15) is 5.56 Å². The van der Waals surface area contributed by atoms with Crippen molar-refractivity contribution in [1.82, 2.24) is 0 Å². The second-order valence-corrected chi connectivity index (χ2v) is 2.28. The maximum Gasteiger partial charge on any atom is 0.394 e. The van der Waals surface area contributed by atoms with Gasteiger partial charge >= 0.3 is 5.69 Å². The Bertz CT molecular complexity index is 367. The monoisotopic (exact) mass is 164 g/mol. The van der Waals surface area contributed by atoms with Crippen LogP contribution in [-0.4, -0.2) is 4.92 Å². The van der Waals surface area contributed by atoms with Gasteiger partial charge < -0.3 is 0 Å². The highest BCUT2D eigenvalue weighted by molar-refractivity contribution is 5.59. The normalized spacial score (nSPS) is 9.00. The van der Waals surface area contributed by atoms with Crippen molar-refractivity contribution in [3.05, 3.63) is 38.9 Å². The minimum atomic E-state index is -0.510. The number of diazo groups is 1. The van der Waals surface area contributed by atoms with Gasteiger partial charge in [0, 0.05) is 12.1 Å². The van der Waals surface area contributed by atoms with Crippen LogP contribution in [0.5, 0.6) is 0 Å². The quantitative estimate of drug-likeness (QED) is 0.363. The average Bonchev–Trinajstić information content (AvgIpc) is 2.04. The zero-order valence-corrected chi connectivity index (χ0v) is 6.39. The third-order valence-electron chi connectivity index (χ3n) is 1.58. The molecule has 1 rings (SSSR count). The van der Waals surface area contributed by atoms with Gasteiger partial charge in [-0.3, -0.25) is 10.1 Å². The number of nitro benzene ring substituents is 1. The van der Waals surface area contributed by atoms with E-state index in [9.17, 15) is 10.1 Å². The molecule has 12 heavy (non-hydrogen) atoms. The van der Waals surface area contributed by atoms with Crippen molar-refractivity contribution < 1.29 is 4.92 Å². The van der Waals surface area contributed by atoms with Crippen LogP contribution in [0.3, 0.4) is 0 Å². The number of nitrogens with zero attached hydrogens (tertiary/aromatic N) is 3. The molecule has 0 aromatic heterocycles. The third-order valence-corrected chi connectivity index (χ3v) is 1.58. The van der Waals surface area contributed by atoms with Crippen LogP contribution in [-0.2, 0) is 0 Å². The van der Waals surface area contributed by atoms with Gasteiger partial charge in [0.15, 0.2) is 4.98 Å². The molecule has 60 valence electrons. The number of benzene rings is 1. The molecule has 0 amide bonds. The fourth-order valence-corrected chi connectivity index (χ4v) is 0.918. The average molecular weight is 164 g/mol. The van der Waals surface area contributed by atoms with E-state index in [1.165, 1.54) is 25.1 Å². The van der Waals surface area contributed by atoms with Crippen molar-refractivity contribution in [2.75, 3.05) is 0 Å². The first-order valence-electron chi connectivity index (χ1n) is 3.26. The second-order valence-electron chi connectivity index (χ2n) is 2.28. The van der Waals surface area contributed by atoms with E-state index in [4.69, 9.17) is 5.39 Å². The molecule has 0 aliphatic carbocycles. The topological polar surface area (TPSA) is 71.3 Å². The lowest BCUT2D eigenvalue weighted by Crippen LogP contribution is -1.90. The van der Waals surface area contributed by atoms with Gasteiger partial charge in [0.25, 0.3) is 5.69 Å². The van der Waals surface area contributed by atoms with Crippen molar-refractivity contribution in [3.63, 3.8) is 0 Å². The molecule has 0 spiro atoms. The van der Waals surface area contributed by atoms with E-state index < -0.39 is 4.92 Å². The predicted molar refractivity (Wildman–Crippen MR) is 42.6 cm³/mol. The Balaban J connectivity index is 3.35. The van der Waals surface area contributed by atoms with Crippen molar-refractivity contribution in [2.24, 2.45) is 0 Å². The largest absolute Gasteiger partial charge is 0.394 e. The van der Waals surface area contributed by atoms with Gasteiger partial charge in [-0.2, -0.15) is 0 Å². The molecule has 0 aliphatic heterocycles. The molecule has 0 heterocycles. The highest BCUT2D eigenvalue weighted by Gasteiger charge is 2.19. The summed E-state index contributed by atoms with van der Waals surface area (Å²) < 4.78 is 0. The fraction of sp³-hybridized carbons (Fsp3) is 0.143. The Morgan fingerprint density at radius 3 is 2.75 bits per heavy atom. The van der Waals surface area contributed by atoms with Gasteiger partial charge in [-0.25, -0.2) is 0 Å². The molecule has 0 unspecified atom stereocenters. The number of hydrogen-bond acceptors (Lipinski definition) is 3. The lowest BCUT2D eigenvalue weighted by molar-refractivity contribution is -0.385. The van der Waals surface area contributed by atoms with Crippen molar-refractivity contribution >= 4 is 11.4 Å². The Kier molecular flexibility index (Phi) is 2.01. The first-order valence-corrected chi connectivity index (χ1v) is 3.26. The lowest BCUT2D eigenvalue weighted by atomic mass is 10.2. The highest BCUT2D eigenvalue weighted by Crippen LogP contribution is 2.26. The molecular weight excluding hydrogens is 158 g/mol. The van der Waals surface area contributed by atoms with Gasteiger partial charge in [-0.15, -0.1) is 0 Å². The SMILES string of the molecule is Cc1c([N+]#N)cccc1[N+](=O)[O-]. The number of nitro groups is 1. The van der Waals surface area contributed by atoms with E-state index in [1.807, 2.05) is 0 Å². The number of rotatable bonds is 1.